The molecule has 2 unspecified atom stereocenters. The molecule has 6 aliphatic rings. The maximum atomic E-state index is 13.7. The first-order valence-corrected chi connectivity index (χ1v) is 14.9. The Labute approximate surface area is 217 Å². The highest BCUT2D eigenvalue weighted by atomic mass is 32.2. The van der Waals surface area contributed by atoms with Gasteiger partial charge < -0.3 is 20.4 Å². The van der Waals surface area contributed by atoms with Gasteiger partial charge in [0.05, 0.1) is 11.2 Å². The molecular weight excluding hydrogens is 474 g/mol. The SMILES string of the molecule is O=C(O)C[C@H]1CCN(c2ccc(C(=O)NC3C4CC5CC3CC(O)(C5)C4)c(SC3CCCCC3)n2)C1. The van der Waals surface area contributed by atoms with Crippen LogP contribution in [0.5, 0.6) is 0 Å². The van der Waals surface area contributed by atoms with Crippen LogP contribution >= 0.6 is 11.8 Å². The van der Waals surface area contributed by atoms with Gasteiger partial charge in [-0.25, -0.2) is 4.98 Å². The number of carboxylic acid groups (broad SMARTS) is 1. The molecule has 0 spiro atoms. The van der Waals surface area contributed by atoms with Gasteiger partial charge in [0.15, 0.2) is 0 Å². The van der Waals surface area contributed by atoms with Crippen LogP contribution in [-0.2, 0) is 4.79 Å². The number of nitrogens with zero attached hydrogens (tertiary/aromatic N) is 2. The van der Waals surface area contributed by atoms with Gasteiger partial charge in [-0.1, -0.05) is 19.3 Å². The van der Waals surface area contributed by atoms with Crippen LogP contribution in [0.25, 0.3) is 0 Å². The van der Waals surface area contributed by atoms with Crippen LogP contribution in [0, 0.1) is 23.7 Å². The Hall–Kier alpha value is -1.80. The molecule has 5 saturated carbocycles. The van der Waals surface area contributed by atoms with Crippen molar-refractivity contribution in [1.82, 2.24) is 10.3 Å². The lowest BCUT2D eigenvalue weighted by molar-refractivity contribution is -0.138. The highest BCUT2D eigenvalue weighted by molar-refractivity contribution is 7.99. The summed E-state index contributed by atoms with van der Waals surface area (Å²) < 4.78 is 0. The van der Waals surface area contributed by atoms with E-state index in [2.05, 4.69) is 10.2 Å². The second-order valence-corrected chi connectivity index (χ2v) is 13.6. The van der Waals surface area contributed by atoms with E-state index in [1.807, 2.05) is 12.1 Å². The number of aliphatic hydroxyl groups is 1. The van der Waals surface area contributed by atoms with Gasteiger partial charge in [0, 0.05) is 30.8 Å². The number of pyridine rings is 1. The summed E-state index contributed by atoms with van der Waals surface area (Å²) in [5.74, 6) is 1.60. The number of anilines is 1. The van der Waals surface area contributed by atoms with E-state index in [0.29, 0.717) is 35.1 Å². The van der Waals surface area contributed by atoms with Gasteiger partial charge in [-0.05, 0) is 87.2 Å². The minimum Gasteiger partial charge on any atom is -0.481 e. The third-order valence-electron chi connectivity index (χ3n) is 9.53. The molecule has 1 saturated heterocycles. The number of carbonyl (C=O) groups excluding carboxylic acids is 1. The lowest BCUT2D eigenvalue weighted by atomic mass is 9.52. The van der Waals surface area contributed by atoms with Crippen molar-refractivity contribution in [1.29, 1.82) is 0 Å². The average Bonchev–Trinajstić information content (AvgIpc) is 3.29. The third-order valence-corrected chi connectivity index (χ3v) is 10.9. The first-order chi connectivity index (χ1) is 17.3. The van der Waals surface area contributed by atoms with Gasteiger partial charge in [0.25, 0.3) is 5.91 Å². The Morgan fingerprint density at radius 2 is 1.83 bits per heavy atom. The molecule has 7 nitrogen and oxygen atoms in total. The van der Waals surface area contributed by atoms with Crippen LogP contribution in [0.4, 0.5) is 5.82 Å². The van der Waals surface area contributed by atoms with E-state index in [1.165, 1.54) is 19.3 Å². The molecule has 4 bridgehead atoms. The standard InChI is InChI=1S/C28H39N3O4S/c32-24(33)12-17-8-9-31(16-17)23-7-6-22(27(29-23)36-21-4-2-1-3-5-21)26(34)30-25-19-10-18-11-20(25)15-28(35,13-18)14-19/h6-7,17-21,25,35H,1-5,8-16H2,(H,30,34)(H,32,33)/t17-,18?,19?,20?,25?,28?/m1/s1. The van der Waals surface area contributed by atoms with E-state index in [0.717, 1.165) is 68.8 Å². The van der Waals surface area contributed by atoms with Crippen molar-refractivity contribution in [2.45, 2.75) is 99.0 Å². The highest BCUT2D eigenvalue weighted by Crippen LogP contribution is 2.55. The monoisotopic (exact) mass is 513 g/mol. The summed E-state index contributed by atoms with van der Waals surface area (Å²) in [5, 5.41) is 24.8. The van der Waals surface area contributed by atoms with Crippen LogP contribution in [0.15, 0.2) is 17.2 Å². The molecule has 0 radical (unpaired) electrons. The zero-order valence-corrected chi connectivity index (χ0v) is 21.8. The predicted molar refractivity (Wildman–Crippen MR) is 139 cm³/mol. The Morgan fingerprint density at radius 1 is 1.08 bits per heavy atom. The molecule has 1 aliphatic heterocycles. The number of nitrogens with one attached hydrogen (secondary N) is 1. The summed E-state index contributed by atoms with van der Waals surface area (Å²) in [6.07, 6.45) is 12.0. The fourth-order valence-electron chi connectivity index (χ4n) is 8.11. The van der Waals surface area contributed by atoms with Crippen molar-refractivity contribution < 1.29 is 19.8 Å². The van der Waals surface area contributed by atoms with Crippen molar-refractivity contribution in [3.05, 3.63) is 17.7 Å². The second-order valence-electron chi connectivity index (χ2n) is 12.3. The fraction of sp³-hybridized carbons (Fsp3) is 0.750. The smallest absolute Gasteiger partial charge is 0.303 e. The highest BCUT2D eigenvalue weighted by Gasteiger charge is 2.55. The second kappa shape index (κ2) is 9.82. The number of aliphatic carboxylic acids is 1. The van der Waals surface area contributed by atoms with E-state index in [-0.39, 0.29) is 24.3 Å². The Bertz CT molecular complexity index is 997. The molecular formula is C28H39N3O4S. The Morgan fingerprint density at radius 3 is 2.53 bits per heavy atom. The molecule has 3 atom stereocenters. The van der Waals surface area contributed by atoms with Crippen LogP contribution in [0.3, 0.4) is 0 Å². The Kier molecular flexibility index (Phi) is 6.69. The van der Waals surface area contributed by atoms with Gasteiger partial charge in [0.1, 0.15) is 10.8 Å². The minimum atomic E-state index is -0.743. The molecule has 2 heterocycles. The van der Waals surface area contributed by atoms with Crippen molar-refractivity contribution in [2.24, 2.45) is 23.7 Å². The van der Waals surface area contributed by atoms with Gasteiger partial charge in [-0.2, -0.15) is 0 Å². The number of carbonyl (C=O) groups is 2. The summed E-state index contributed by atoms with van der Waals surface area (Å²) in [5.41, 5.74) is 0.167. The van der Waals surface area contributed by atoms with Gasteiger partial charge in [-0.15, -0.1) is 11.8 Å². The number of amides is 1. The quantitative estimate of drug-likeness (QED) is 0.494. The van der Waals surface area contributed by atoms with E-state index in [1.54, 1.807) is 11.8 Å². The summed E-state index contributed by atoms with van der Waals surface area (Å²) in [6, 6.07) is 4.04. The largest absolute Gasteiger partial charge is 0.481 e. The van der Waals surface area contributed by atoms with Gasteiger partial charge in [-0.3, -0.25) is 9.59 Å². The van der Waals surface area contributed by atoms with Crippen molar-refractivity contribution in [2.75, 3.05) is 18.0 Å². The number of hydrogen-bond acceptors (Lipinski definition) is 6. The predicted octanol–water partition coefficient (Wildman–Crippen LogP) is 4.48. The average molecular weight is 514 g/mol. The first kappa shape index (κ1) is 24.5. The molecule has 1 aromatic rings. The van der Waals surface area contributed by atoms with Crippen molar-refractivity contribution in [3.63, 3.8) is 0 Å². The summed E-state index contributed by atoms with van der Waals surface area (Å²) in [6.45, 7) is 1.51. The van der Waals surface area contributed by atoms with E-state index >= 15 is 0 Å². The molecule has 1 aromatic heterocycles. The van der Waals surface area contributed by atoms with Crippen LogP contribution in [0.1, 0.15) is 87.4 Å². The maximum Gasteiger partial charge on any atom is 0.303 e. The summed E-state index contributed by atoms with van der Waals surface area (Å²) in [7, 11) is 0. The normalized spacial score (nSPS) is 35.8. The first-order valence-electron chi connectivity index (χ1n) is 14.0. The lowest BCUT2D eigenvalue weighted by Crippen LogP contribution is -2.61. The maximum absolute atomic E-state index is 13.7. The topological polar surface area (TPSA) is 103 Å². The Balaban J connectivity index is 1.21. The van der Waals surface area contributed by atoms with Crippen LogP contribution in [0.2, 0.25) is 0 Å². The minimum absolute atomic E-state index is 0.0259. The number of hydrogen-bond donors (Lipinski definition) is 3. The number of carboxylic acids is 1. The van der Waals surface area contributed by atoms with Crippen LogP contribution in [-0.4, -0.2) is 57.1 Å². The molecule has 36 heavy (non-hydrogen) atoms. The van der Waals surface area contributed by atoms with E-state index in [9.17, 15) is 19.8 Å². The van der Waals surface area contributed by atoms with E-state index < -0.39 is 11.6 Å². The molecule has 5 aliphatic carbocycles. The number of thioether (sulfide) groups is 1. The van der Waals surface area contributed by atoms with Gasteiger partial charge in [0.2, 0.25) is 0 Å². The van der Waals surface area contributed by atoms with E-state index in [4.69, 9.17) is 4.98 Å². The van der Waals surface area contributed by atoms with Crippen molar-refractivity contribution >= 4 is 29.5 Å². The molecule has 8 heteroatoms. The zero-order chi connectivity index (χ0) is 24.9. The fourth-order valence-corrected chi connectivity index (χ4v) is 9.43. The number of rotatable bonds is 7. The third kappa shape index (κ3) is 5.00. The zero-order valence-electron chi connectivity index (χ0n) is 21.0. The molecule has 3 N–H and O–H groups in total. The molecule has 1 amide bonds. The molecule has 6 fully saturated rings. The van der Waals surface area contributed by atoms with Crippen LogP contribution < -0.4 is 10.2 Å². The molecule has 0 aromatic carbocycles. The van der Waals surface area contributed by atoms with Crippen molar-refractivity contribution in [3.8, 4) is 0 Å². The summed E-state index contributed by atoms with van der Waals surface area (Å²) in [4.78, 5) is 32.0. The number of aromatic nitrogens is 1. The lowest BCUT2D eigenvalue weighted by Gasteiger charge is -2.58. The summed E-state index contributed by atoms with van der Waals surface area (Å²) >= 11 is 1.76. The van der Waals surface area contributed by atoms with Gasteiger partial charge >= 0.3 is 5.97 Å². The molecule has 196 valence electrons. The molecule has 7 rings (SSSR count).